The Balaban J connectivity index is 2.17. The number of nitrogens with one attached hydrogen (secondary N) is 1. The Labute approximate surface area is 112 Å². The summed E-state index contributed by atoms with van der Waals surface area (Å²) >= 11 is 0. The fourth-order valence-electron chi connectivity index (χ4n) is 1.85. The molecule has 0 radical (unpaired) electrons. The minimum absolute atomic E-state index is 0.346. The Morgan fingerprint density at radius 1 is 1.26 bits per heavy atom. The van der Waals surface area contributed by atoms with Crippen LogP contribution in [0, 0.1) is 13.8 Å². The first kappa shape index (κ1) is 13.2. The van der Waals surface area contributed by atoms with Gasteiger partial charge in [0.2, 0.25) is 0 Å². The third-order valence-corrected chi connectivity index (χ3v) is 2.83. The van der Waals surface area contributed by atoms with Crippen LogP contribution in [0.1, 0.15) is 27.4 Å². The van der Waals surface area contributed by atoms with Crippen LogP contribution in [0.25, 0.3) is 0 Å². The minimum atomic E-state index is -0.346. The number of rotatable bonds is 4. The number of furan rings is 1. The van der Waals surface area contributed by atoms with Gasteiger partial charge in [-0.25, -0.2) is 4.79 Å². The summed E-state index contributed by atoms with van der Waals surface area (Å²) in [6.45, 7) is 4.36. The summed E-state index contributed by atoms with van der Waals surface area (Å²) in [6.07, 6.45) is 0. The number of hydrogen-bond donors (Lipinski definition) is 1. The zero-order valence-electron chi connectivity index (χ0n) is 11.3. The van der Waals surface area contributed by atoms with E-state index in [1.54, 1.807) is 0 Å². The molecule has 0 spiro atoms. The van der Waals surface area contributed by atoms with Gasteiger partial charge in [-0.05, 0) is 38.1 Å². The summed E-state index contributed by atoms with van der Waals surface area (Å²) in [5, 5.41) is 3.19. The molecule has 0 aliphatic carbocycles. The molecule has 1 N–H and O–H groups in total. The van der Waals surface area contributed by atoms with Gasteiger partial charge in [0.25, 0.3) is 0 Å². The van der Waals surface area contributed by atoms with Crippen LogP contribution in [0.2, 0.25) is 0 Å². The van der Waals surface area contributed by atoms with E-state index in [9.17, 15) is 4.79 Å². The van der Waals surface area contributed by atoms with E-state index >= 15 is 0 Å². The molecule has 0 aliphatic heterocycles. The predicted octanol–water partition coefficient (Wildman–Crippen LogP) is 3.30. The number of methoxy groups -OCH3 is 1. The van der Waals surface area contributed by atoms with Crippen molar-refractivity contribution in [1.29, 1.82) is 0 Å². The fourth-order valence-corrected chi connectivity index (χ4v) is 1.85. The Hall–Kier alpha value is -2.23. The number of ether oxygens (including phenoxy) is 1. The standard InChI is InChI=1S/C15H17NO3/c1-10-4-7-14(13(8-10)15(17)18-3)16-9-12-6-5-11(2)19-12/h4-8,16H,9H2,1-3H3. The van der Waals surface area contributed by atoms with Gasteiger partial charge in [0.15, 0.2) is 0 Å². The molecular weight excluding hydrogens is 242 g/mol. The van der Waals surface area contributed by atoms with Crippen molar-refractivity contribution in [2.24, 2.45) is 0 Å². The van der Waals surface area contributed by atoms with Crippen LogP contribution in [-0.4, -0.2) is 13.1 Å². The van der Waals surface area contributed by atoms with Crippen LogP contribution in [0.15, 0.2) is 34.7 Å². The Morgan fingerprint density at radius 2 is 2.05 bits per heavy atom. The van der Waals surface area contributed by atoms with E-state index in [1.807, 2.05) is 44.2 Å². The first-order chi connectivity index (χ1) is 9.10. The molecule has 0 saturated carbocycles. The van der Waals surface area contributed by atoms with Crippen LogP contribution in [-0.2, 0) is 11.3 Å². The van der Waals surface area contributed by atoms with Crippen LogP contribution >= 0.6 is 0 Å². The average molecular weight is 259 g/mol. The van der Waals surface area contributed by atoms with Gasteiger partial charge in [0, 0.05) is 5.69 Å². The highest BCUT2D eigenvalue weighted by molar-refractivity contribution is 5.95. The van der Waals surface area contributed by atoms with Gasteiger partial charge < -0.3 is 14.5 Å². The number of esters is 1. The second kappa shape index (κ2) is 5.61. The Morgan fingerprint density at radius 3 is 2.68 bits per heavy atom. The summed E-state index contributed by atoms with van der Waals surface area (Å²) < 4.78 is 10.3. The van der Waals surface area contributed by atoms with Gasteiger partial charge in [-0.1, -0.05) is 11.6 Å². The second-order valence-electron chi connectivity index (χ2n) is 4.41. The summed E-state index contributed by atoms with van der Waals surface area (Å²) in [5.74, 6) is 1.35. The molecule has 0 unspecified atom stereocenters. The van der Waals surface area contributed by atoms with Crippen molar-refractivity contribution >= 4 is 11.7 Å². The minimum Gasteiger partial charge on any atom is -0.465 e. The molecule has 1 aromatic heterocycles. The summed E-state index contributed by atoms with van der Waals surface area (Å²) in [5.41, 5.74) is 2.29. The smallest absolute Gasteiger partial charge is 0.339 e. The topological polar surface area (TPSA) is 51.5 Å². The number of anilines is 1. The van der Waals surface area contributed by atoms with Crippen molar-refractivity contribution in [1.82, 2.24) is 0 Å². The highest BCUT2D eigenvalue weighted by atomic mass is 16.5. The van der Waals surface area contributed by atoms with Gasteiger partial charge in [0.1, 0.15) is 11.5 Å². The van der Waals surface area contributed by atoms with Gasteiger partial charge in [0.05, 0.1) is 19.2 Å². The average Bonchev–Trinajstić information content (AvgIpc) is 2.82. The molecule has 0 atom stereocenters. The van der Waals surface area contributed by atoms with E-state index in [2.05, 4.69) is 5.32 Å². The molecule has 2 rings (SSSR count). The predicted molar refractivity (Wildman–Crippen MR) is 73.3 cm³/mol. The molecule has 1 aromatic carbocycles. The lowest BCUT2D eigenvalue weighted by atomic mass is 10.1. The van der Waals surface area contributed by atoms with Gasteiger partial charge in [-0.3, -0.25) is 0 Å². The summed E-state index contributed by atoms with van der Waals surface area (Å²) in [6, 6.07) is 9.45. The second-order valence-corrected chi connectivity index (χ2v) is 4.41. The molecule has 19 heavy (non-hydrogen) atoms. The van der Waals surface area contributed by atoms with E-state index in [4.69, 9.17) is 9.15 Å². The first-order valence-corrected chi connectivity index (χ1v) is 6.08. The Bertz CT molecular complexity index is 587. The third-order valence-electron chi connectivity index (χ3n) is 2.83. The quantitative estimate of drug-likeness (QED) is 0.856. The van der Waals surface area contributed by atoms with E-state index in [0.717, 1.165) is 22.8 Å². The maximum Gasteiger partial charge on any atom is 0.339 e. The number of aryl methyl sites for hydroxylation is 2. The molecule has 100 valence electrons. The number of carbonyl (C=O) groups is 1. The molecule has 1 heterocycles. The normalized spacial score (nSPS) is 10.3. The molecule has 2 aromatic rings. The summed E-state index contributed by atoms with van der Waals surface area (Å²) in [4.78, 5) is 11.7. The molecular formula is C15H17NO3. The lowest BCUT2D eigenvalue weighted by Crippen LogP contribution is -2.08. The Kier molecular flexibility index (Phi) is 3.90. The van der Waals surface area contributed by atoms with Gasteiger partial charge in [-0.15, -0.1) is 0 Å². The summed E-state index contributed by atoms with van der Waals surface area (Å²) in [7, 11) is 1.38. The maximum atomic E-state index is 11.7. The van der Waals surface area contributed by atoms with Crippen molar-refractivity contribution in [2.45, 2.75) is 20.4 Å². The maximum absolute atomic E-state index is 11.7. The number of benzene rings is 1. The van der Waals surface area contributed by atoms with Crippen LogP contribution in [0.3, 0.4) is 0 Å². The molecule has 0 saturated heterocycles. The number of carbonyl (C=O) groups excluding carboxylic acids is 1. The lowest BCUT2D eigenvalue weighted by molar-refractivity contribution is 0.0601. The molecule has 4 heteroatoms. The van der Waals surface area contributed by atoms with Crippen molar-refractivity contribution in [2.75, 3.05) is 12.4 Å². The number of hydrogen-bond acceptors (Lipinski definition) is 4. The van der Waals surface area contributed by atoms with Crippen molar-refractivity contribution in [3.05, 3.63) is 53.0 Å². The van der Waals surface area contributed by atoms with E-state index < -0.39 is 0 Å². The van der Waals surface area contributed by atoms with Crippen LogP contribution in [0.5, 0.6) is 0 Å². The molecule has 0 bridgehead atoms. The van der Waals surface area contributed by atoms with E-state index in [1.165, 1.54) is 7.11 Å². The third kappa shape index (κ3) is 3.16. The largest absolute Gasteiger partial charge is 0.465 e. The van der Waals surface area contributed by atoms with E-state index in [0.29, 0.717) is 12.1 Å². The van der Waals surface area contributed by atoms with Crippen LogP contribution < -0.4 is 5.32 Å². The SMILES string of the molecule is COC(=O)c1cc(C)ccc1NCc1ccc(C)o1. The zero-order chi connectivity index (χ0) is 13.8. The molecule has 0 fully saturated rings. The van der Waals surface area contributed by atoms with Crippen molar-refractivity contribution < 1.29 is 13.9 Å². The van der Waals surface area contributed by atoms with Gasteiger partial charge >= 0.3 is 5.97 Å². The van der Waals surface area contributed by atoms with Crippen molar-refractivity contribution in [3.8, 4) is 0 Å². The fraction of sp³-hybridized carbons (Fsp3) is 0.267. The molecule has 0 amide bonds. The zero-order valence-corrected chi connectivity index (χ0v) is 11.3. The molecule has 0 aliphatic rings. The molecule has 4 nitrogen and oxygen atoms in total. The van der Waals surface area contributed by atoms with E-state index in [-0.39, 0.29) is 5.97 Å². The van der Waals surface area contributed by atoms with Crippen LogP contribution in [0.4, 0.5) is 5.69 Å². The van der Waals surface area contributed by atoms with Crippen molar-refractivity contribution in [3.63, 3.8) is 0 Å². The lowest BCUT2D eigenvalue weighted by Gasteiger charge is -2.10. The highest BCUT2D eigenvalue weighted by Crippen LogP contribution is 2.19. The first-order valence-electron chi connectivity index (χ1n) is 6.08. The monoisotopic (exact) mass is 259 g/mol. The van der Waals surface area contributed by atoms with Gasteiger partial charge in [-0.2, -0.15) is 0 Å². The highest BCUT2D eigenvalue weighted by Gasteiger charge is 2.12.